The van der Waals surface area contributed by atoms with E-state index in [0.717, 1.165) is 50.7 Å². The van der Waals surface area contributed by atoms with Crippen LogP contribution in [0.2, 0.25) is 0 Å². The molecule has 0 aromatic carbocycles. The second-order valence-electron chi connectivity index (χ2n) is 5.46. The summed E-state index contributed by atoms with van der Waals surface area (Å²) < 4.78 is 0. The molecule has 0 spiro atoms. The fourth-order valence-corrected chi connectivity index (χ4v) is 1.77. The van der Waals surface area contributed by atoms with E-state index in [-0.39, 0.29) is 0 Å². The van der Waals surface area contributed by atoms with Gasteiger partial charge in [-0.25, -0.2) is 9.97 Å². The van der Waals surface area contributed by atoms with Gasteiger partial charge in [-0.2, -0.15) is 0 Å². The number of nitrogens with one attached hydrogen (secondary N) is 2. The first kappa shape index (κ1) is 16.7. The van der Waals surface area contributed by atoms with Gasteiger partial charge in [-0.15, -0.1) is 0 Å². The summed E-state index contributed by atoms with van der Waals surface area (Å²) in [7, 11) is 8.34. The van der Waals surface area contributed by atoms with E-state index in [1.807, 2.05) is 6.07 Å². The smallest absolute Gasteiger partial charge is 0.131 e. The number of anilines is 2. The fourth-order valence-electron chi connectivity index (χ4n) is 1.77. The van der Waals surface area contributed by atoms with Crippen LogP contribution in [0.15, 0.2) is 12.4 Å². The van der Waals surface area contributed by atoms with Gasteiger partial charge in [-0.05, 0) is 54.1 Å². The number of rotatable bonds is 10. The third kappa shape index (κ3) is 7.91. The van der Waals surface area contributed by atoms with Crippen LogP contribution < -0.4 is 10.6 Å². The van der Waals surface area contributed by atoms with Gasteiger partial charge in [0.1, 0.15) is 18.0 Å². The Balaban J connectivity index is 2.26. The lowest BCUT2D eigenvalue weighted by atomic mass is 10.4. The number of aromatic nitrogens is 2. The Morgan fingerprint density at radius 1 is 0.850 bits per heavy atom. The van der Waals surface area contributed by atoms with Crippen LogP contribution in [0.4, 0.5) is 11.6 Å². The van der Waals surface area contributed by atoms with Crippen molar-refractivity contribution in [1.82, 2.24) is 19.8 Å². The van der Waals surface area contributed by atoms with E-state index in [1.165, 1.54) is 0 Å². The van der Waals surface area contributed by atoms with E-state index < -0.39 is 0 Å². The van der Waals surface area contributed by atoms with Crippen molar-refractivity contribution < 1.29 is 0 Å². The van der Waals surface area contributed by atoms with Gasteiger partial charge in [-0.3, -0.25) is 0 Å². The monoisotopic (exact) mass is 280 g/mol. The molecule has 1 rings (SSSR count). The van der Waals surface area contributed by atoms with Crippen LogP contribution in [-0.4, -0.2) is 74.1 Å². The molecule has 1 aromatic heterocycles. The predicted octanol–water partition coefficient (Wildman–Crippen LogP) is 1.20. The standard InChI is InChI=1S/C14H28N6/c1-19(2)9-5-7-15-13-11-14(18-12-17-13)16-8-6-10-20(3)4/h11-12H,5-10H2,1-4H3,(H2,15,16,17,18). The molecule has 1 heterocycles. The zero-order valence-electron chi connectivity index (χ0n) is 13.2. The van der Waals surface area contributed by atoms with E-state index in [1.54, 1.807) is 6.33 Å². The molecule has 0 radical (unpaired) electrons. The summed E-state index contributed by atoms with van der Waals surface area (Å²) in [4.78, 5) is 12.8. The lowest BCUT2D eigenvalue weighted by Crippen LogP contribution is -2.17. The number of hydrogen-bond acceptors (Lipinski definition) is 6. The molecule has 0 amide bonds. The molecule has 114 valence electrons. The normalized spacial score (nSPS) is 11.1. The summed E-state index contributed by atoms with van der Waals surface area (Å²) in [5, 5.41) is 6.65. The molecule has 1 aromatic rings. The van der Waals surface area contributed by atoms with Crippen LogP contribution in [-0.2, 0) is 0 Å². The Hall–Kier alpha value is -1.40. The highest BCUT2D eigenvalue weighted by atomic mass is 15.1. The first-order valence-corrected chi connectivity index (χ1v) is 7.17. The van der Waals surface area contributed by atoms with Crippen molar-refractivity contribution in [2.45, 2.75) is 12.8 Å². The SMILES string of the molecule is CN(C)CCCNc1cc(NCCCN(C)C)ncn1. The number of hydrogen-bond donors (Lipinski definition) is 2. The zero-order valence-corrected chi connectivity index (χ0v) is 13.2. The molecule has 0 atom stereocenters. The minimum Gasteiger partial charge on any atom is -0.370 e. The highest BCUT2D eigenvalue weighted by molar-refractivity contribution is 5.46. The van der Waals surface area contributed by atoms with Crippen molar-refractivity contribution in [2.24, 2.45) is 0 Å². The first-order chi connectivity index (χ1) is 9.58. The van der Waals surface area contributed by atoms with E-state index in [0.29, 0.717) is 0 Å². The van der Waals surface area contributed by atoms with Gasteiger partial charge in [0, 0.05) is 19.2 Å². The summed E-state index contributed by atoms with van der Waals surface area (Å²) in [6, 6.07) is 1.96. The summed E-state index contributed by atoms with van der Waals surface area (Å²) in [5.41, 5.74) is 0. The predicted molar refractivity (Wildman–Crippen MR) is 85.4 cm³/mol. The van der Waals surface area contributed by atoms with Gasteiger partial charge < -0.3 is 20.4 Å². The lowest BCUT2D eigenvalue weighted by molar-refractivity contribution is 0.405. The van der Waals surface area contributed by atoms with Gasteiger partial charge >= 0.3 is 0 Å². The van der Waals surface area contributed by atoms with Gasteiger partial charge in [0.2, 0.25) is 0 Å². The van der Waals surface area contributed by atoms with Crippen molar-refractivity contribution in [1.29, 1.82) is 0 Å². The fraction of sp³-hybridized carbons (Fsp3) is 0.714. The van der Waals surface area contributed by atoms with Gasteiger partial charge in [0.05, 0.1) is 0 Å². The maximum atomic E-state index is 4.23. The Morgan fingerprint density at radius 3 is 1.70 bits per heavy atom. The Bertz CT molecular complexity index is 335. The van der Waals surface area contributed by atoms with Gasteiger partial charge in [0.25, 0.3) is 0 Å². The van der Waals surface area contributed by atoms with Crippen molar-refractivity contribution in [3.8, 4) is 0 Å². The Morgan fingerprint density at radius 2 is 1.30 bits per heavy atom. The quantitative estimate of drug-likeness (QED) is 0.628. The van der Waals surface area contributed by atoms with Crippen LogP contribution >= 0.6 is 0 Å². The van der Waals surface area contributed by atoms with Crippen LogP contribution in [0, 0.1) is 0 Å². The van der Waals surface area contributed by atoms with E-state index in [2.05, 4.69) is 58.6 Å². The van der Waals surface area contributed by atoms with Crippen molar-refractivity contribution in [2.75, 3.05) is 65.0 Å². The molecule has 2 N–H and O–H groups in total. The molecular formula is C14H28N6. The molecule has 6 nitrogen and oxygen atoms in total. The molecule has 0 fully saturated rings. The largest absolute Gasteiger partial charge is 0.370 e. The average molecular weight is 280 g/mol. The summed E-state index contributed by atoms with van der Waals surface area (Å²) in [5.74, 6) is 1.77. The maximum absolute atomic E-state index is 4.23. The van der Waals surface area contributed by atoms with Crippen LogP contribution in [0.1, 0.15) is 12.8 Å². The third-order valence-corrected chi connectivity index (χ3v) is 2.84. The third-order valence-electron chi connectivity index (χ3n) is 2.84. The zero-order chi connectivity index (χ0) is 14.8. The highest BCUT2D eigenvalue weighted by Crippen LogP contribution is 2.08. The molecule has 0 aliphatic rings. The van der Waals surface area contributed by atoms with Gasteiger partial charge in [0.15, 0.2) is 0 Å². The highest BCUT2D eigenvalue weighted by Gasteiger charge is 1.99. The molecule has 0 unspecified atom stereocenters. The number of nitrogens with zero attached hydrogens (tertiary/aromatic N) is 4. The molecule has 0 saturated carbocycles. The Kier molecular flexibility index (Phi) is 7.91. The van der Waals surface area contributed by atoms with Crippen LogP contribution in [0.25, 0.3) is 0 Å². The molecule has 0 saturated heterocycles. The molecule has 0 bridgehead atoms. The van der Waals surface area contributed by atoms with E-state index in [9.17, 15) is 0 Å². The molecule has 20 heavy (non-hydrogen) atoms. The molecule has 6 heteroatoms. The minimum atomic E-state index is 0.883. The lowest BCUT2D eigenvalue weighted by Gasteiger charge is -2.12. The first-order valence-electron chi connectivity index (χ1n) is 7.17. The molecule has 0 aliphatic carbocycles. The van der Waals surface area contributed by atoms with Gasteiger partial charge in [-0.1, -0.05) is 0 Å². The maximum Gasteiger partial charge on any atom is 0.131 e. The van der Waals surface area contributed by atoms with Crippen molar-refractivity contribution in [3.05, 3.63) is 12.4 Å². The van der Waals surface area contributed by atoms with E-state index >= 15 is 0 Å². The molecule has 0 aliphatic heterocycles. The summed E-state index contributed by atoms with van der Waals surface area (Å²) in [6.45, 7) is 4.01. The molecular weight excluding hydrogens is 252 g/mol. The minimum absolute atomic E-state index is 0.883. The topological polar surface area (TPSA) is 56.3 Å². The van der Waals surface area contributed by atoms with Crippen molar-refractivity contribution in [3.63, 3.8) is 0 Å². The second kappa shape index (κ2) is 9.50. The summed E-state index contributed by atoms with van der Waals surface area (Å²) >= 11 is 0. The van der Waals surface area contributed by atoms with Crippen LogP contribution in [0.5, 0.6) is 0 Å². The summed E-state index contributed by atoms with van der Waals surface area (Å²) in [6.07, 6.45) is 3.80. The van der Waals surface area contributed by atoms with E-state index in [4.69, 9.17) is 0 Å². The average Bonchev–Trinajstić information content (AvgIpc) is 2.40. The second-order valence-corrected chi connectivity index (χ2v) is 5.46. The van der Waals surface area contributed by atoms with Crippen LogP contribution in [0.3, 0.4) is 0 Å². The van der Waals surface area contributed by atoms with Crippen molar-refractivity contribution >= 4 is 11.6 Å². The Labute approximate surface area is 122 Å².